The van der Waals surface area contributed by atoms with Crippen LogP contribution < -0.4 is 15.4 Å². The van der Waals surface area contributed by atoms with Gasteiger partial charge in [-0.3, -0.25) is 19.7 Å². The topological polar surface area (TPSA) is 128 Å². The van der Waals surface area contributed by atoms with Crippen LogP contribution in [-0.4, -0.2) is 33.4 Å². The van der Waals surface area contributed by atoms with Crippen LogP contribution in [0, 0.1) is 15.9 Å². The van der Waals surface area contributed by atoms with E-state index >= 15 is 0 Å². The Hall–Kier alpha value is -4.80. The maximum atomic E-state index is 13.9. The number of amides is 2. The normalized spacial score (nSPS) is 13.9. The van der Waals surface area contributed by atoms with Crippen LogP contribution in [0.2, 0.25) is 0 Å². The van der Waals surface area contributed by atoms with Gasteiger partial charge in [-0.25, -0.2) is 9.37 Å². The summed E-state index contributed by atoms with van der Waals surface area (Å²) in [7, 11) is 1.37. The summed E-state index contributed by atoms with van der Waals surface area (Å²) in [6.45, 7) is 0.0149. The van der Waals surface area contributed by atoms with Gasteiger partial charge in [0.05, 0.1) is 23.1 Å². The van der Waals surface area contributed by atoms with Crippen LogP contribution in [0.15, 0.2) is 66.9 Å². The summed E-state index contributed by atoms with van der Waals surface area (Å²) in [5.41, 5.74) is 0.576. The Bertz CT molecular complexity index is 1550. The van der Waals surface area contributed by atoms with Gasteiger partial charge >= 0.3 is 5.69 Å². The third-order valence-electron chi connectivity index (χ3n) is 6.82. The van der Waals surface area contributed by atoms with Gasteiger partial charge in [-0.1, -0.05) is 18.2 Å². The van der Waals surface area contributed by atoms with Gasteiger partial charge in [-0.05, 0) is 55.2 Å². The number of benzene rings is 2. The van der Waals surface area contributed by atoms with Crippen LogP contribution in [0.1, 0.15) is 35.3 Å². The summed E-state index contributed by atoms with van der Waals surface area (Å²) in [6.07, 6.45) is 3.84. The van der Waals surface area contributed by atoms with E-state index in [4.69, 9.17) is 4.74 Å². The van der Waals surface area contributed by atoms with Crippen molar-refractivity contribution >= 4 is 34.1 Å². The minimum absolute atomic E-state index is 0.0149. The highest BCUT2D eigenvalue weighted by Crippen LogP contribution is 2.42. The molecule has 2 amide bonds. The first-order valence-corrected chi connectivity index (χ1v) is 12.0. The molecule has 194 valence electrons. The first-order valence-electron chi connectivity index (χ1n) is 12.0. The molecule has 2 aromatic carbocycles. The lowest BCUT2D eigenvalue weighted by molar-refractivity contribution is -0.385. The average molecular weight is 518 g/mol. The Kier molecular flexibility index (Phi) is 6.50. The predicted molar refractivity (Wildman–Crippen MR) is 137 cm³/mol. The Morgan fingerprint density at radius 1 is 1.13 bits per heavy atom. The van der Waals surface area contributed by atoms with Crippen molar-refractivity contribution in [2.75, 3.05) is 12.4 Å². The van der Waals surface area contributed by atoms with Gasteiger partial charge in [0.2, 0.25) is 17.5 Å². The van der Waals surface area contributed by atoms with E-state index in [1.54, 1.807) is 41.1 Å². The Labute approximate surface area is 216 Å². The van der Waals surface area contributed by atoms with Gasteiger partial charge in [-0.15, -0.1) is 0 Å². The number of carbonyl (C=O) groups excluding carboxylic acids is 2. The monoisotopic (exact) mass is 517 g/mol. The zero-order valence-electron chi connectivity index (χ0n) is 20.4. The van der Waals surface area contributed by atoms with E-state index in [9.17, 15) is 24.1 Å². The van der Waals surface area contributed by atoms with Gasteiger partial charge in [0, 0.05) is 29.4 Å². The molecular formula is C27H24FN5O5. The number of nitro groups is 1. The summed E-state index contributed by atoms with van der Waals surface area (Å²) < 4.78 is 20.6. The molecule has 0 unspecified atom stereocenters. The van der Waals surface area contributed by atoms with Crippen molar-refractivity contribution in [3.8, 4) is 5.88 Å². The largest absolute Gasteiger partial charge is 0.481 e. The van der Waals surface area contributed by atoms with Crippen molar-refractivity contribution in [2.24, 2.45) is 0 Å². The number of aromatic nitrogens is 2. The van der Waals surface area contributed by atoms with Crippen molar-refractivity contribution in [3.63, 3.8) is 0 Å². The molecule has 10 nitrogen and oxygen atoms in total. The maximum Gasteiger partial charge on any atom is 0.300 e. The zero-order valence-corrected chi connectivity index (χ0v) is 20.4. The van der Waals surface area contributed by atoms with Crippen LogP contribution in [0.25, 0.3) is 10.9 Å². The smallest absolute Gasteiger partial charge is 0.300 e. The molecule has 11 heteroatoms. The van der Waals surface area contributed by atoms with E-state index in [1.807, 2.05) is 12.1 Å². The molecule has 0 spiro atoms. The van der Waals surface area contributed by atoms with Gasteiger partial charge in [0.1, 0.15) is 12.4 Å². The fourth-order valence-electron chi connectivity index (χ4n) is 4.71. The third-order valence-corrected chi connectivity index (χ3v) is 6.82. The zero-order chi connectivity index (χ0) is 26.9. The number of anilines is 1. The Morgan fingerprint density at radius 3 is 2.55 bits per heavy atom. The first kappa shape index (κ1) is 24.9. The molecule has 0 aliphatic heterocycles. The molecule has 1 aliphatic carbocycles. The van der Waals surface area contributed by atoms with Crippen LogP contribution in [0.4, 0.5) is 15.8 Å². The number of carbonyl (C=O) groups is 2. The molecule has 0 atom stereocenters. The summed E-state index contributed by atoms with van der Waals surface area (Å²) in [5, 5.41) is 17.7. The lowest BCUT2D eigenvalue weighted by Crippen LogP contribution is -2.51. The number of hydrogen-bond donors (Lipinski definition) is 2. The molecule has 2 N–H and O–H groups in total. The maximum absolute atomic E-state index is 13.9. The van der Waals surface area contributed by atoms with Crippen molar-refractivity contribution in [2.45, 2.75) is 31.3 Å². The fourth-order valence-corrected chi connectivity index (χ4v) is 4.71. The van der Waals surface area contributed by atoms with E-state index in [0.717, 1.165) is 12.0 Å². The molecule has 1 fully saturated rings. The van der Waals surface area contributed by atoms with Crippen LogP contribution in [0.3, 0.4) is 0 Å². The molecule has 4 aromatic rings. The molecule has 5 rings (SSSR count). The quantitative estimate of drug-likeness (QED) is 0.261. The van der Waals surface area contributed by atoms with Crippen LogP contribution in [-0.2, 0) is 16.9 Å². The molecule has 1 aliphatic rings. The summed E-state index contributed by atoms with van der Waals surface area (Å²) in [4.78, 5) is 40.5. The molecule has 0 radical (unpaired) electrons. The van der Waals surface area contributed by atoms with Gasteiger partial charge in [-0.2, -0.15) is 0 Å². The van der Waals surface area contributed by atoms with Gasteiger partial charge in [0.15, 0.2) is 0 Å². The Morgan fingerprint density at radius 2 is 1.89 bits per heavy atom. The lowest BCUT2D eigenvalue weighted by atomic mass is 9.71. The highest BCUT2D eigenvalue weighted by molar-refractivity contribution is 5.97. The number of pyridine rings is 1. The SMILES string of the molecule is COc1ccc([N+](=O)[O-])c(C(=O)NC2(c3ccc(NC(=O)Cn4ccc5c(F)cccc54)cc3)CCC2)n1. The lowest BCUT2D eigenvalue weighted by Gasteiger charge is -2.43. The van der Waals surface area contributed by atoms with E-state index in [2.05, 4.69) is 15.6 Å². The second-order valence-corrected chi connectivity index (χ2v) is 9.11. The van der Waals surface area contributed by atoms with E-state index in [0.29, 0.717) is 29.4 Å². The second-order valence-electron chi connectivity index (χ2n) is 9.11. The van der Waals surface area contributed by atoms with Gasteiger partial charge in [0.25, 0.3) is 5.91 Å². The highest BCUT2D eigenvalue weighted by atomic mass is 19.1. The van der Waals surface area contributed by atoms with Crippen molar-refractivity contribution in [1.82, 2.24) is 14.9 Å². The summed E-state index contributed by atoms with van der Waals surface area (Å²) in [5.74, 6) is -1.18. The number of halogens is 1. The molecule has 0 bridgehead atoms. The van der Waals surface area contributed by atoms with Crippen molar-refractivity contribution in [1.29, 1.82) is 0 Å². The molecular weight excluding hydrogens is 493 g/mol. The number of methoxy groups -OCH3 is 1. The predicted octanol–water partition coefficient (Wildman–Crippen LogP) is 4.54. The van der Waals surface area contributed by atoms with Crippen molar-refractivity contribution in [3.05, 3.63) is 94.0 Å². The molecule has 2 aromatic heterocycles. The molecule has 2 heterocycles. The second kappa shape index (κ2) is 9.92. The van der Waals surface area contributed by atoms with E-state index in [-0.39, 0.29) is 29.8 Å². The number of nitrogens with zero attached hydrogens (tertiary/aromatic N) is 3. The molecule has 38 heavy (non-hydrogen) atoms. The summed E-state index contributed by atoms with van der Waals surface area (Å²) in [6, 6.07) is 16.0. The minimum Gasteiger partial charge on any atom is -0.481 e. The number of fused-ring (bicyclic) bond motifs is 1. The number of nitrogens with one attached hydrogen (secondary N) is 2. The molecule has 1 saturated carbocycles. The van der Waals surface area contributed by atoms with E-state index < -0.39 is 22.1 Å². The van der Waals surface area contributed by atoms with Crippen LogP contribution >= 0.6 is 0 Å². The van der Waals surface area contributed by atoms with Gasteiger partial charge < -0.3 is 19.9 Å². The molecule has 0 saturated heterocycles. The Balaban J connectivity index is 1.29. The van der Waals surface area contributed by atoms with E-state index in [1.165, 1.54) is 25.3 Å². The number of ether oxygens (including phenoxy) is 1. The summed E-state index contributed by atoms with van der Waals surface area (Å²) >= 11 is 0. The minimum atomic E-state index is -0.702. The fraction of sp³-hybridized carbons (Fsp3) is 0.222. The standard InChI is InChI=1S/C27H24FN5O5/c1-38-24-11-10-22(33(36)37)25(30-24)26(35)31-27(13-3-14-27)17-6-8-18(9-7-17)29-23(34)16-32-15-12-19-20(28)4-2-5-21(19)32/h2,4-12,15H,3,13-14,16H2,1H3,(H,29,34)(H,31,35). The first-order chi connectivity index (χ1) is 18.3. The number of rotatable bonds is 8. The van der Waals surface area contributed by atoms with Crippen molar-refractivity contribution < 1.29 is 23.6 Å². The number of hydrogen-bond acceptors (Lipinski definition) is 6. The highest BCUT2D eigenvalue weighted by Gasteiger charge is 2.41. The average Bonchev–Trinajstić information content (AvgIpc) is 3.30. The van der Waals surface area contributed by atoms with Crippen LogP contribution in [0.5, 0.6) is 5.88 Å². The third kappa shape index (κ3) is 4.65.